The van der Waals surface area contributed by atoms with Crippen molar-refractivity contribution in [1.29, 1.82) is 0 Å². The number of phenols is 2. The average Bonchev–Trinajstić information content (AvgIpc) is 2.38. The average molecular weight is 243 g/mol. The molecule has 0 aliphatic heterocycles. The number of benzene rings is 2. The predicted molar refractivity (Wildman–Crippen MR) is 68.9 cm³/mol. The summed E-state index contributed by atoms with van der Waals surface area (Å²) >= 11 is 0. The molecule has 4 heteroatoms. The van der Waals surface area contributed by atoms with Crippen molar-refractivity contribution in [3.63, 3.8) is 0 Å². The molecule has 0 atom stereocenters. The molecule has 0 bridgehead atoms. The van der Waals surface area contributed by atoms with Crippen LogP contribution in [0.1, 0.15) is 10.4 Å². The first-order chi connectivity index (χ1) is 8.58. The number of rotatable bonds is 2. The predicted octanol–water partition coefficient (Wildman–Crippen LogP) is 2.37. The van der Waals surface area contributed by atoms with Gasteiger partial charge < -0.3 is 15.1 Å². The maximum absolute atomic E-state index is 12.1. The van der Waals surface area contributed by atoms with Gasteiger partial charge in [0.25, 0.3) is 5.91 Å². The Labute approximate surface area is 105 Å². The summed E-state index contributed by atoms with van der Waals surface area (Å²) in [5, 5.41) is 18.5. The van der Waals surface area contributed by atoms with E-state index in [0.29, 0.717) is 11.3 Å². The molecule has 0 fully saturated rings. The number of carbonyl (C=O) groups excluding carboxylic acids is 1. The second-order valence-corrected chi connectivity index (χ2v) is 3.93. The number of amides is 1. The van der Waals surface area contributed by atoms with E-state index in [0.717, 1.165) is 0 Å². The lowest BCUT2D eigenvalue weighted by Gasteiger charge is -2.17. The van der Waals surface area contributed by atoms with Crippen LogP contribution in [0.3, 0.4) is 0 Å². The largest absolute Gasteiger partial charge is 0.508 e. The van der Waals surface area contributed by atoms with Crippen LogP contribution in [0.25, 0.3) is 0 Å². The molecule has 0 heterocycles. The first-order valence-electron chi connectivity index (χ1n) is 5.44. The van der Waals surface area contributed by atoms with Gasteiger partial charge in [-0.2, -0.15) is 0 Å². The summed E-state index contributed by atoms with van der Waals surface area (Å²) in [5.41, 5.74) is 1.08. The molecule has 0 unspecified atom stereocenters. The normalized spacial score (nSPS) is 10.1. The third-order valence-electron chi connectivity index (χ3n) is 2.63. The van der Waals surface area contributed by atoms with Gasteiger partial charge in [-0.1, -0.05) is 6.07 Å². The molecule has 92 valence electrons. The lowest BCUT2D eigenvalue weighted by Crippen LogP contribution is -2.25. The second-order valence-electron chi connectivity index (χ2n) is 3.93. The molecule has 0 aromatic heterocycles. The third kappa shape index (κ3) is 2.43. The minimum Gasteiger partial charge on any atom is -0.508 e. The molecule has 2 rings (SSSR count). The molecule has 4 nitrogen and oxygen atoms in total. The van der Waals surface area contributed by atoms with E-state index in [1.165, 1.54) is 29.2 Å². The lowest BCUT2D eigenvalue weighted by molar-refractivity contribution is 0.0992. The van der Waals surface area contributed by atoms with Gasteiger partial charge in [-0.25, -0.2) is 0 Å². The Hall–Kier alpha value is -2.49. The molecule has 1 amide bonds. The number of hydrogen-bond acceptors (Lipinski definition) is 3. The molecule has 0 aliphatic rings. The van der Waals surface area contributed by atoms with Crippen molar-refractivity contribution in [3.05, 3.63) is 54.1 Å². The van der Waals surface area contributed by atoms with Crippen molar-refractivity contribution in [3.8, 4) is 11.5 Å². The first-order valence-corrected chi connectivity index (χ1v) is 5.44. The van der Waals surface area contributed by atoms with Crippen molar-refractivity contribution < 1.29 is 15.0 Å². The van der Waals surface area contributed by atoms with Gasteiger partial charge in [0.15, 0.2) is 0 Å². The zero-order valence-electron chi connectivity index (χ0n) is 9.87. The van der Waals surface area contributed by atoms with Crippen LogP contribution in [0, 0.1) is 0 Å². The van der Waals surface area contributed by atoms with Crippen molar-refractivity contribution in [2.24, 2.45) is 0 Å². The highest BCUT2D eigenvalue weighted by Gasteiger charge is 2.13. The summed E-state index contributed by atoms with van der Waals surface area (Å²) in [6, 6.07) is 12.5. The van der Waals surface area contributed by atoms with E-state index in [9.17, 15) is 15.0 Å². The number of phenolic OH excluding ortho intramolecular Hbond substituents is 2. The van der Waals surface area contributed by atoms with Crippen molar-refractivity contribution in [1.82, 2.24) is 0 Å². The molecule has 0 saturated carbocycles. The van der Waals surface area contributed by atoms with Gasteiger partial charge in [0, 0.05) is 18.3 Å². The Kier molecular flexibility index (Phi) is 3.19. The summed E-state index contributed by atoms with van der Waals surface area (Å²) in [6.45, 7) is 0. The van der Waals surface area contributed by atoms with E-state index >= 15 is 0 Å². The molecular formula is C14H13NO3. The van der Waals surface area contributed by atoms with E-state index in [1.54, 1.807) is 31.3 Å². The highest BCUT2D eigenvalue weighted by Crippen LogP contribution is 2.20. The SMILES string of the molecule is CN(C(=O)c1cccc(O)c1)c1ccc(O)cc1. The topological polar surface area (TPSA) is 60.8 Å². The quantitative estimate of drug-likeness (QED) is 0.851. The van der Waals surface area contributed by atoms with Crippen LogP contribution in [0.15, 0.2) is 48.5 Å². The highest BCUT2D eigenvalue weighted by molar-refractivity contribution is 6.05. The Morgan fingerprint density at radius 2 is 1.67 bits per heavy atom. The molecule has 0 spiro atoms. The molecule has 0 aliphatic carbocycles. The fraction of sp³-hybridized carbons (Fsp3) is 0.0714. The standard InChI is InChI=1S/C14H13NO3/c1-15(11-5-7-12(16)8-6-11)14(18)10-3-2-4-13(17)9-10/h2-9,16-17H,1H3. The number of anilines is 1. The van der Waals surface area contributed by atoms with Crippen LogP contribution < -0.4 is 4.90 Å². The number of nitrogens with zero attached hydrogens (tertiary/aromatic N) is 1. The fourth-order valence-corrected chi connectivity index (χ4v) is 1.63. The minimum atomic E-state index is -0.225. The summed E-state index contributed by atoms with van der Waals surface area (Å²) in [6.07, 6.45) is 0. The van der Waals surface area contributed by atoms with Crippen molar-refractivity contribution in [2.75, 3.05) is 11.9 Å². The van der Waals surface area contributed by atoms with E-state index in [-0.39, 0.29) is 17.4 Å². The Morgan fingerprint density at radius 1 is 1.00 bits per heavy atom. The van der Waals surface area contributed by atoms with Crippen LogP contribution in [0.2, 0.25) is 0 Å². The van der Waals surface area contributed by atoms with E-state index in [1.807, 2.05) is 0 Å². The monoisotopic (exact) mass is 243 g/mol. The molecule has 0 saturated heterocycles. The van der Waals surface area contributed by atoms with E-state index < -0.39 is 0 Å². The minimum absolute atomic E-state index is 0.0555. The summed E-state index contributed by atoms with van der Waals surface area (Å²) in [7, 11) is 1.64. The Bertz CT molecular complexity index is 564. The van der Waals surface area contributed by atoms with Gasteiger partial charge in [0.2, 0.25) is 0 Å². The second kappa shape index (κ2) is 4.79. The molecule has 18 heavy (non-hydrogen) atoms. The zero-order valence-corrected chi connectivity index (χ0v) is 9.87. The zero-order chi connectivity index (χ0) is 13.1. The van der Waals surface area contributed by atoms with Crippen LogP contribution in [0.4, 0.5) is 5.69 Å². The Morgan fingerprint density at radius 3 is 2.28 bits per heavy atom. The summed E-state index contributed by atoms with van der Waals surface area (Å²) in [4.78, 5) is 13.6. The fourth-order valence-electron chi connectivity index (χ4n) is 1.63. The maximum atomic E-state index is 12.1. The first kappa shape index (κ1) is 12.0. The van der Waals surface area contributed by atoms with Crippen LogP contribution in [-0.4, -0.2) is 23.2 Å². The molecule has 2 aromatic carbocycles. The molecule has 2 aromatic rings. The van der Waals surface area contributed by atoms with Gasteiger partial charge in [0.1, 0.15) is 11.5 Å². The van der Waals surface area contributed by atoms with Gasteiger partial charge in [0.05, 0.1) is 0 Å². The molecule has 0 radical (unpaired) electrons. The number of carbonyl (C=O) groups is 1. The number of hydrogen-bond donors (Lipinski definition) is 2. The van der Waals surface area contributed by atoms with Gasteiger partial charge >= 0.3 is 0 Å². The van der Waals surface area contributed by atoms with E-state index in [2.05, 4.69) is 0 Å². The van der Waals surface area contributed by atoms with E-state index in [4.69, 9.17) is 0 Å². The third-order valence-corrected chi connectivity index (χ3v) is 2.63. The van der Waals surface area contributed by atoms with Crippen LogP contribution in [0.5, 0.6) is 11.5 Å². The van der Waals surface area contributed by atoms with Crippen molar-refractivity contribution in [2.45, 2.75) is 0 Å². The van der Waals surface area contributed by atoms with Crippen molar-refractivity contribution >= 4 is 11.6 Å². The highest BCUT2D eigenvalue weighted by atomic mass is 16.3. The van der Waals surface area contributed by atoms with Gasteiger partial charge in [-0.15, -0.1) is 0 Å². The molecular weight excluding hydrogens is 230 g/mol. The van der Waals surface area contributed by atoms with Crippen LogP contribution >= 0.6 is 0 Å². The summed E-state index contributed by atoms with van der Waals surface area (Å²) < 4.78 is 0. The smallest absolute Gasteiger partial charge is 0.258 e. The van der Waals surface area contributed by atoms with Gasteiger partial charge in [-0.3, -0.25) is 4.79 Å². The Balaban J connectivity index is 2.26. The maximum Gasteiger partial charge on any atom is 0.258 e. The summed E-state index contributed by atoms with van der Waals surface area (Å²) in [5.74, 6) is -0.0199. The van der Waals surface area contributed by atoms with Gasteiger partial charge in [-0.05, 0) is 42.5 Å². The van der Waals surface area contributed by atoms with Crippen LogP contribution in [-0.2, 0) is 0 Å². The number of aromatic hydroxyl groups is 2. The lowest BCUT2D eigenvalue weighted by atomic mass is 10.2. The molecule has 2 N–H and O–H groups in total.